The van der Waals surface area contributed by atoms with Crippen molar-refractivity contribution in [2.75, 3.05) is 44.2 Å². The fraction of sp³-hybridized carbons (Fsp3) is 0.714. The van der Waals surface area contributed by atoms with Gasteiger partial charge in [0, 0.05) is 50.5 Å². The molecule has 1 unspecified atom stereocenters. The number of piperazine rings is 1. The summed E-state index contributed by atoms with van der Waals surface area (Å²) in [5.74, 6) is 0. The number of piperidine rings is 1. The molecule has 0 spiro atoms. The van der Waals surface area contributed by atoms with Gasteiger partial charge in [-0.15, -0.1) is 0 Å². The lowest BCUT2D eigenvalue weighted by Gasteiger charge is -2.45. The normalized spacial score (nSPS) is 26.6. The summed E-state index contributed by atoms with van der Waals surface area (Å²) in [6, 6.07) is 7.16. The van der Waals surface area contributed by atoms with Crippen molar-refractivity contribution in [3.05, 3.63) is 29.8 Å². The summed E-state index contributed by atoms with van der Waals surface area (Å²) in [5.41, 5.74) is 0.141. The van der Waals surface area contributed by atoms with Gasteiger partial charge in [-0.2, -0.15) is 13.2 Å². The van der Waals surface area contributed by atoms with Crippen molar-refractivity contribution in [3.8, 4) is 0 Å². The van der Waals surface area contributed by atoms with Crippen LogP contribution in [0.2, 0.25) is 0 Å². The van der Waals surface area contributed by atoms with Gasteiger partial charge in [-0.3, -0.25) is 9.80 Å². The summed E-state index contributed by atoms with van der Waals surface area (Å²) in [6.07, 6.45) is 3.72. The molecule has 6 heteroatoms. The number of hydrogen-bond donors (Lipinski definition) is 0. The smallest absolute Gasteiger partial charge is 0.369 e. The Bertz CT molecular complexity index is 619. The molecule has 1 aromatic carbocycles. The van der Waals surface area contributed by atoms with E-state index >= 15 is 0 Å². The van der Waals surface area contributed by atoms with Crippen molar-refractivity contribution >= 4 is 5.69 Å². The Morgan fingerprint density at radius 1 is 0.778 bits per heavy atom. The Morgan fingerprint density at radius 2 is 1.48 bits per heavy atom. The molecule has 150 valence electrons. The fourth-order valence-electron chi connectivity index (χ4n) is 5.11. The molecule has 0 bridgehead atoms. The number of alkyl halides is 3. The average molecular weight is 381 g/mol. The van der Waals surface area contributed by atoms with E-state index in [1.54, 1.807) is 6.07 Å². The molecule has 1 atom stereocenters. The molecule has 0 amide bonds. The van der Waals surface area contributed by atoms with E-state index in [0.717, 1.165) is 38.3 Å². The number of anilines is 1. The van der Waals surface area contributed by atoms with Crippen LogP contribution in [-0.2, 0) is 6.18 Å². The largest absolute Gasteiger partial charge is 0.416 e. The van der Waals surface area contributed by atoms with E-state index in [4.69, 9.17) is 0 Å². The van der Waals surface area contributed by atoms with Gasteiger partial charge >= 0.3 is 6.18 Å². The number of rotatable bonds is 3. The second kappa shape index (κ2) is 8.00. The molecule has 1 aliphatic carbocycles. The van der Waals surface area contributed by atoms with Gasteiger partial charge in [-0.1, -0.05) is 18.9 Å². The third-order valence-electron chi connectivity index (χ3n) is 6.64. The third kappa shape index (κ3) is 4.43. The highest BCUT2D eigenvalue weighted by Gasteiger charge is 2.33. The molecule has 2 aliphatic heterocycles. The Balaban J connectivity index is 1.33. The summed E-state index contributed by atoms with van der Waals surface area (Å²) >= 11 is 0. The van der Waals surface area contributed by atoms with E-state index in [1.807, 2.05) is 0 Å². The van der Waals surface area contributed by atoms with Crippen molar-refractivity contribution in [2.24, 2.45) is 0 Å². The zero-order valence-electron chi connectivity index (χ0n) is 15.9. The van der Waals surface area contributed by atoms with Crippen LogP contribution in [-0.4, -0.2) is 61.2 Å². The van der Waals surface area contributed by atoms with Gasteiger partial charge in [0.15, 0.2) is 0 Å². The van der Waals surface area contributed by atoms with Gasteiger partial charge in [-0.05, 0) is 50.4 Å². The van der Waals surface area contributed by atoms with E-state index < -0.39 is 11.7 Å². The van der Waals surface area contributed by atoms with Gasteiger partial charge in [0.1, 0.15) is 0 Å². The van der Waals surface area contributed by atoms with Crippen LogP contribution in [0.4, 0.5) is 18.9 Å². The van der Waals surface area contributed by atoms with Crippen LogP contribution in [0.25, 0.3) is 0 Å². The topological polar surface area (TPSA) is 9.72 Å². The molecule has 2 heterocycles. The Labute approximate surface area is 160 Å². The number of likely N-dealkylation sites (tertiary alicyclic amines) is 1. The lowest BCUT2D eigenvalue weighted by molar-refractivity contribution is -0.137. The predicted octanol–water partition coefficient (Wildman–Crippen LogP) is 4.23. The standard InChI is InChI=1S/C21H30F3N3/c22-21(23,24)17-5-3-8-19(15-17)25-11-13-26(14-12-25)20-9-4-10-27(16-20)18-6-1-2-7-18/h3,5,8,15,18,20H,1-2,4,6-7,9-14,16H2. The van der Waals surface area contributed by atoms with Crippen molar-refractivity contribution in [1.29, 1.82) is 0 Å². The second-order valence-corrected chi connectivity index (χ2v) is 8.30. The zero-order chi connectivity index (χ0) is 18.9. The van der Waals surface area contributed by atoms with Gasteiger partial charge in [-0.25, -0.2) is 0 Å². The van der Waals surface area contributed by atoms with Gasteiger partial charge in [0.25, 0.3) is 0 Å². The molecule has 3 fully saturated rings. The number of hydrogen-bond acceptors (Lipinski definition) is 3. The minimum atomic E-state index is -4.27. The summed E-state index contributed by atoms with van der Waals surface area (Å²) in [6.45, 7) is 5.92. The van der Waals surface area contributed by atoms with Crippen molar-refractivity contribution in [1.82, 2.24) is 9.80 Å². The third-order valence-corrected chi connectivity index (χ3v) is 6.64. The highest BCUT2D eigenvalue weighted by molar-refractivity contribution is 5.49. The highest BCUT2D eigenvalue weighted by Crippen LogP contribution is 2.32. The van der Waals surface area contributed by atoms with Gasteiger partial charge < -0.3 is 4.90 Å². The molecule has 4 rings (SSSR count). The molecule has 1 saturated carbocycles. The van der Waals surface area contributed by atoms with Gasteiger partial charge in [0.05, 0.1) is 5.56 Å². The highest BCUT2D eigenvalue weighted by atomic mass is 19.4. The molecular formula is C21H30F3N3. The van der Waals surface area contributed by atoms with Crippen molar-refractivity contribution < 1.29 is 13.2 Å². The molecule has 2 saturated heterocycles. The Kier molecular flexibility index (Phi) is 5.65. The maximum atomic E-state index is 13.0. The number of halogens is 3. The predicted molar refractivity (Wildman–Crippen MR) is 102 cm³/mol. The van der Waals surface area contributed by atoms with Crippen LogP contribution in [0, 0.1) is 0 Å². The van der Waals surface area contributed by atoms with E-state index in [0.29, 0.717) is 11.7 Å². The summed E-state index contributed by atoms with van der Waals surface area (Å²) in [5, 5.41) is 0. The number of benzene rings is 1. The monoisotopic (exact) mass is 381 g/mol. The quantitative estimate of drug-likeness (QED) is 0.776. The second-order valence-electron chi connectivity index (χ2n) is 8.30. The lowest BCUT2D eigenvalue weighted by atomic mass is 10.0. The van der Waals surface area contributed by atoms with Gasteiger partial charge in [0.2, 0.25) is 0 Å². The molecule has 0 aromatic heterocycles. The molecule has 3 aliphatic rings. The first-order valence-electron chi connectivity index (χ1n) is 10.4. The minimum Gasteiger partial charge on any atom is -0.369 e. The molecule has 0 N–H and O–H groups in total. The first kappa shape index (κ1) is 19.1. The van der Waals surface area contributed by atoms with E-state index in [-0.39, 0.29) is 0 Å². The molecule has 1 aromatic rings. The molecule has 27 heavy (non-hydrogen) atoms. The zero-order valence-corrected chi connectivity index (χ0v) is 15.9. The van der Waals surface area contributed by atoms with Crippen molar-refractivity contribution in [2.45, 2.75) is 56.8 Å². The molecule has 3 nitrogen and oxygen atoms in total. The SMILES string of the molecule is FC(F)(F)c1cccc(N2CCN(C3CCCN(C4CCCC4)C3)CC2)c1. The maximum Gasteiger partial charge on any atom is 0.416 e. The van der Waals surface area contributed by atoms with Crippen LogP contribution in [0.1, 0.15) is 44.1 Å². The lowest BCUT2D eigenvalue weighted by Crippen LogP contribution is -2.56. The van der Waals surface area contributed by atoms with Crippen LogP contribution in [0.15, 0.2) is 24.3 Å². The van der Waals surface area contributed by atoms with E-state index in [2.05, 4.69) is 14.7 Å². The van der Waals surface area contributed by atoms with Crippen molar-refractivity contribution in [3.63, 3.8) is 0 Å². The average Bonchev–Trinajstić information content (AvgIpc) is 3.23. The Morgan fingerprint density at radius 3 is 2.19 bits per heavy atom. The fourth-order valence-corrected chi connectivity index (χ4v) is 5.11. The first-order valence-corrected chi connectivity index (χ1v) is 10.4. The molecular weight excluding hydrogens is 351 g/mol. The Hall–Kier alpha value is -1.27. The van der Waals surface area contributed by atoms with E-state index in [9.17, 15) is 13.2 Å². The molecule has 0 radical (unpaired) electrons. The number of nitrogens with zero attached hydrogens (tertiary/aromatic N) is 3. The van der Waals surface area contributed by atoms with Crippen LogP contribution in [0.5, 0.6) is 0 Å². The first-order chi connectivity index (χ1) is 13.0. The maximum absolute atomic E-state index is 13.0. The van der Waals surface area contributed by atoms with E-state index in [1.165, 1.54) is 63.7 Å². The summed E-state index contributed by atoms with van der Waals surface area (Å²) < 4.78 is 38.9. The minimum absolute atomic E-state index is 0.554. The van der Waals surface area contributed by atoms with Crippen LogP contribution < -0.4 is 4.90 Å². The summed E-state index contributed by atoms with van der Waals surface area (Å²) in [4.78, 5) is 7.38. The summed E-state index contributed by atoms with van der Waals surface area (Å²) in [7, 11) is 0. The van der Waals surface area contributed by atoms with Crippen LogP contribution >= 0.6 is 0 Å². The van der Waals surface area contributed by atoms with Crippen LogP contribution in [0.3, 0.4) is 0 Å².